The van der Waals surface area contributed by atoms with Gasteiger partial charge in [-0.05, 0) is 12.1 Å². The summed E-state index contributed by atoms with van der Waals surface area (Å²) in [6.45, 7) is 0. The first kappa shape index (κ1) is 17.4. The van der Waals surface area contributed by atoms with Crippen LogP contribution in [0.1, 0.15) is 20.7 Å². The Bertz CT molecular complexity index is 862. The number of thiophene rings is 1. The van der Waals surface area contributed by atoms with Crippen LogP contribution in [0.3, 0.4) is 0 Å². The molecule has 0 unspecified atom stereocenters. The predicted octanol–water partition coefficient (Wildman–Crippen LogP) is 1.62. The quantitative estimate of drug-likeness (QED) is 0.878. The number of pyridine rings is 1. The van der Waals surface area contributed by atoms with Crippen molar-refractivity contribution in [3.05, 3.63) is 45.2 Å². The van der Waals surface area contributed by atoms with Gasteiger partial charge in [0.1, 0.15) is 0 Å². The van der Waals surface area contributed by atoms with Crippen molar-refractivity contribution in [2.45, 2.75) is 5.03 Å². The summed E-state index contributed by atoms with van der Waals surface area (Å²) in [6, 6.07) is 2.76. The Balaban J connectivity index is 2.40. The van der Waals surface area contributed by atoms with Crippen LogP contribution in [-0.4, -0.2) is 44.2 Å². The molecular weight excluding hydrogens is 362 g/mol. The second-order valence-electron chi connectivity index (χ2n) is 4.62. The highest BCUT2D eigenvalue weighted by atomic mass is 35.5. The van der Waals surface area contributed by atoms with Crippen LogP contribution in [-0.2, 0) is 10.0 Å². The lowest BCUT2D eigenvalue weighted by Gasteiger charge is -2.13. The van der Waals surface area contributed by atoms with E-state index in [1.54, 1.807) is 0 Å². The average Bonchev–Trinajstić information content (AvgIpc) is 2.92. The second-order valence-corrected chi connectivity index (χ2v) is 7.37. The third-order valence-corrected chi connectivity index (χ3v) is 5.22. The lowest BCUT2D eigenvalue weighted by atomic mass is 10.2. The summed E-state index contributed by atoms with van der Waals surface area (Å²) < 4.78 is 26.7. The summed E-state index contributed by atoms with van der Waals surface area (Å²) in [7, 11) is -1.36. The number of aromatic nitrogens is 1. The predicted molar refractivity (Wildman–Crippen MR) is 86.2 cm³/mol. The van der Waals surface area contributed by atoms with E-state index >= 15 is 0 Å². The lowest BCUT2D eigenvalue weighted by Crippen LogP contribution is -2.33. The molecule has 7 nitrogen and oxygen atoms in total. The van der Waals surface area contributed by atoms with Gasteiger partial charge >= 0.3 is 0 Å². The van der Waals surface area contributed by atoms with Crippen molar-refractivity contribution in [3.8, 4) is 0 Å². The molecule has 2 heterocycles. The Morgan fingerprint density at radius 2 is 1.96 bits per heavy atom. The number of nitrogens with zero attached hydrogens (tertiary/aromatic N) is 2. The van der Waals surface area contributed by atoms with E-state index in [1.807, 2.05) is 4.72 Å². The van der Waals surface area contributed by atoms with E-state index < -0.39 is 26.9 Å². The van der Waals surface area contributed by atoms with E-state index in [0.717, 1.165) is 11.3 Å². The molecule has 0 fully saturated rings. The largest absolute Gasteiger partial charge is 0.345 e. The smallest absolute Gasteiger partial charge is 0.282 e. The van der Waals surface area contributed by atoms with Crippen molar-refractivity contribution >= 4 is 44.8 Å². The molecular formula is C13H12ClN3O4S2. The topological polar surface area (TPSA) is 96.4 Å². The highest BCUT2D eigenvalue weighted by Gasteiger charge is 2.27. The van der Waals surface area contributed by atoms with E-state index in [0.29, 0.717) is 0 Å². The minimum absolute atomic E-state index is 0.0386. The van der Waals surface area contributed by atoms with Gasteiger partial charge in [0.25, 0.3) is 21.8 Å². The van der Waals surface area contributed by atoms with Gasteiger partial charge in [0, 0.05) is 31.1 Å². The molecule has 0 atom stereocenters. The highest BCUT2D eigenvalue weighted by Crippen LogP contribution is 2.21. The molecule has 2 aromatic heterocycles. The fraction of sp³-hybridized carbons (Fsp3) is 0.154. The average molecular weight is 374 g/mol. The van der Waals surface area contributed by atoms with Crippen LogP contribution in [0.5, 0.6) is 0 Å². The Labute approximate surface area is 142 Å². The molecule has 0 saturated carbocycles. The normalized spacial score (nSPS) is 11.1. The standard InChI is InChI=1S/C13H12ClN3O4S2/c1-17(2)13(19)8-4-3-5-15-12(8)23(20,21)16-11(18)9-6-22-7-10(9)14/h3-7H,1-2H3,(H,16,18). The molecule has 2 amide bonds. The number of carbonyl (C=O) groups excluding carboxylic acids is 2. The Hall–Kier alpha value is -1.97. The summed E-state index contributed by atoms with van der Waals surface area (Å²) in [6.07, 6.45) is 1.23. The van der Waals surface area contributed by atoms with Crippen LogP contribution < -0.4 is 4.72 Å². The molecule has 2 aromatic rings. The van der Waals surface area contributed by atoms with E-state index in [1.165, 1.54) is 48.1 Å². The molecule has 23 heavy (non-hydrogen) atoms. The van der Waals surface area contributed by atoms with Gasteiger partial charge in [-0.15, -0.1) is 11.3 Å². The first-order valence-electron chi connectivity index (χ1n) is 6.19. The molecule has 2 rings (SSSR count). The Morgan fingerprint density at radius 1 is 1.26 bits per heavy atom. The maximum atomic E-state index is 12.4. The van der Waals surface area contributed by atoms with E-state index in [-0.39, 0.29) is 16.1 Å². The third-order valence-electron chi connectivity index (χ3n) is 2.75. The summed E-state index contributed by atoms with van der Waals surface area (Å²) >= 11 is 6.98. The fourth-order valence-electron chi connectivity index (χ4n) is 1.68. The number of hydrogen-bond donors (Lipinski definition) is 1. The molecule has 0 radical (unpaired) electrons. The summed E-state index contributed by atoms with van der Waals surface area (Å²) in [5.74, 6) is -1.43. The van der Waals surface area contributed by atoms with Crippen LogP contribution in [0.2, 0.25) is 5.02 Å². The minimum Gasteiger partial charge on any atom is -0.345 e. The maximum absolute atomic E-state index is 12.4. The monoisotopic (exact) mass is 373 g/mol. The summed E-state index contributed by atoms with van der Waals surface area (Å²) in [5, 5.41) is 2.56. The zero-order valence-electron chi connectivity index (χ0n) is 12.1. The molecule has 0 aliphatic rings. The van der Waals surface area contributed by atoms with Crippen molar-refractivity contribution in [3.63, 3.8) is 0 Å². The zero-order valence-corrected chi connectivity index (χ0v) is 14.5. The molecule has 0 aromatic carbocycles. The number of halogens is 1. The first-order chi connectivity index (χ1) is 10.7. The first-order valence-corrected chi connectivity index (χ1v) is 9.00. The van der Waals surface area contributed by atoms with Gasteiger partial charge in [-0.3, -0.25) is 9.59 Å². The number of rotatable bonds is 4. The number of hydrogen-bond acceptors (Lipinski definition) is 6. The Morgan fingerprint density at radius 3 is 2.52 bits per heavy atom. The van der Waals surface area contributed by atoms with Gasteiger partial charge in [-0.25, -0.2) is 9.71 Å². The Kier molecular flexibility index (Phi) is 5.03. The van der Waals surface area contributed by atoms with Crippen LogP contribution >= 0.6 is 22.9 Å². The number of nitrogens with one attached hydrogen (secondary N) is 1. The van der Waals surface area contributed by atoms with Gasteiger partial charge in [0.2, 0.25) is 0 Å². The fourth-order valence-corrected chi connectivity index (χ4v) is 3.82. The third kappa shape index (κ3) is 3.69. The van der Waals surface area contributed by atoms with Crippen molar-refractivity contribution in [2.75, 3.05) is 14.1 Å². The number of carbonyl (C=O) groups is 2. The second kappa shape index (κ2) is 6.65. The van der Waals surface area contributed by atoms with Crippen molar-refractivity contribution in [1.82, 2.24) is 14.6 Å². The molecule has 1 N–H and O–H groups in total. The van der Waals surface area contributed by atoms with Crippen molar-refractivity contribution < 1.29 is 18.0 Å². The van der Waals surface area contributed by atoms with Gasteiger partial charge < -0.3 is 4.90 Å². The van der Waals surface area contributed by atoms with E-state index in [2.05, 4.69) is 4.98 Å². The molecule has 0 saturated heterocycles. The molecule has 10 heteroatoms. The van der Waals surface area contributed by atoms with Gasteiger partial charge in [0.15, 0.2) is 5.03 Å². The number of amides is 2. The van der Waals surface area contributed by atoms with Gasteiger partial charge in [-0.2, -0.15) is 8.42 Å². The lowest BCUT2D eigenvalue weighted by molar-refractivity contribution is 0.0822. The van der Waals surface area contributed by atoms with Gasteiger partial charge in [0.05, 0.1) is 16.1 Å². The zero-order chi connectivity index (χ0) is 17.2. The van der Waals surface area contributed by atoms with Crippen molar-refractivity contribution in [1.29, 1.82) is 0 Å². The minimum atomic E-state index is -4.32. The van der Waals surface area contributed by atoms with E-state index in [4.69, 9.17) is 11.6 Å². The highest BCUT2D eigenvalue weighted by molar-refractivity contribution is 7.90. The molecule has 122 valence electrons. The van der Waals surface area contributed by atoms with Crippen LogP contribution in [0.25, 0.3) is 0 Å². The van der Waals surface area contributed by atoms with Crippen LogP contribution in [0.4, 0.5) is 0 Å². The summed E-state index contributed by atoms with van der Waals surface area (Å²) in [5.41, 5.74) is -0.0918. The van der Waals surface area contributed by atoms with Crippen LogP contribution in [0.15, 0.2) is 34.1 Å². The molecule has 0 aliphatic carbocycles. The molecule has 0 bridgehead atoms. The molecule has 0 spiro atoms. The van der Waals surface area contributed by atoms with Crippen LogP contribution in [0, 0.1) is 0 Å². The van der Waals surface area contributed by atoms with Gasteiger partial charge in [-0.1, -0.05) is 11.6 Å². The number of sulfonamides is 1. The maximum Gasteiger partial charge on any atom is 0.282 e. The summed E-state index contributed by atoms with van der Waals surface area (Å²) in [4.78, 5) is 29.1. The van der Waals surface area contributed by atoms with E-state index in [9.17, 15) is 18.0 Å². The SMILES string of the molecule is CN(C)C(=O)c1cccnc1S(=O)(=O)NC(=O)c1cscc1Cl. The molecule has 0 aliphatic heterocycles. The van der Waals surface area contributed by atoms with Crippen molar-refractivity contribution in [2.24, 2.45) is 0 Å².